The Hall–Kier alpha value is -0.940. The molecular formula is C12H21N3O2. The van der Waals surface area contributed by atoms with Gasteiger partial charge in [0.25, 0.3) is 0 Å². The quantitative estimate of drug-likeness (QED) is 0.864. The minimum absolute atomic E-state index is 0.187. The molecule has 0 aliphatic carbocycles. The largest absolute Gasteiger partial charge is 0.381 e. The molecule has 17 heavy (non-hydrogen) atoms. The van der Waals surface area contributed by atoms with E-state index in [4.69, 9.17) is 15.0 Å². The Morgan fingerprint density at radius 2 is 2.06 bits per heavy atom. The Balaban J connectivity index is 1.91. The van der Waals surface area contributed by atoms with Crippen molar-refractivity contribution in [1.82, 2.24) is 10.1 Å². The second-order valence-corrected chi connectivity index (χ2v) is 5.42. The highest BCUT2D eigenvalue weighted by atomic mass is 16.5. The van der Waals surface area contributed by atoms with Crippen molar-refractivity contribution in [2.75, 3.05) is 13.2 Å². The van der Waals surface area contributed by atoms with Crippen molar-refractivity contribution in [2.45, 2.75) is 51.0 Å². The first-order valence-corrected chi connectivity index (χ1v) is 6.24. The summed E-state index contributed by atoms with van der Waals surface area (Å²) in [6, 6.07) is 0. The van der Waals surface area contributed by atoms with Crippen LogP contribution in [0.15, 0.2) is 4.52 Å². The van der Waals surface area contributed by atoms with Gasteiger partial charge in [0.05, 0.1) is 0 Å². The fourth-order valence-corrected chi connectivity index (χ4v) is 1.92. The number of hydrogen-bond donors (Lipinski definition) is 1. The number of aromatic nitrogens is 2. The molecule has 1 aromatic rings. The third-order valence-corrected chi connectivity index (χ3v) is 3.05. The van der Waals surface area contributed by atoms with Gasteiger partial charge in [-0.1, -0.05) is 5.16 Å². The molecule has 5 nitrogen and oxygen atoms in total. The van der Waals surface area contributed by atoms with Gasteiger partial charge in [-0.2, -0.15) is 4.98 Å². The summed E-state index contributed by atoms with van der Waals surface area (Å²) < 4.78 is 10.6. The van der Waals surface area contributed by atoms with Crippen LogP contribution in [-0.4, -0.2) is 28.9 Å². The first kappa shape index (κ1) is 12.5. The van der Waals surface area contributed by atoms with Crippen molar-refractivity contribution in [1.29, 1.82) is 0 Å². The topological polar surface area (TPSA) is 74.2 Å². The lowest BCUT2D eigenvalue weighted by molar-refractivity contribution is 0.0830. The van der Waals surface area contributed by atoms with Crippen LogP contribution < -0.4 is 5.73 Å². The minimum atomic E-state index is -0.187. The summed E-state index contributed by atoms with van der Waals surface area (Å²) in [6.45, 7) is 5.60. The monoisotopic (exact) mass is 239 g/mol. The van der Waals surface area contributed by atoms with E-state index in [-0.39, 0.29) is 5.54 Å². The molecule has 1 fully saturated rings. The van der Waals surface area contributed by atoms with Crippen molar-refractivity contribution in [2.24, 2.45) is 5.73 Å². The fourth-order valence-electron chi connectivity index (χ4n) is 1.92. The molecule has 0 amide bonds. The Bertz CT molecular complexity index is 351. The fraction of sp³-hybridized carbons (Fsp3) is 0.833. The van der Waals surface area contributed by atoms with Crippen LogP contribution in [0.4, 0.5) is 0 Å². The average Bonchev–Trinajstić information content (AvgIpc) is 2.75. The van der Waals surface area contributed by atoms with Crippen molar-refractivity contribution in [3.05, 3.63) is 11.7 Å². The summed E-state index contributed by atoms with van der Waals surface area (Å²) in [7, 11) is 0. The second kappa shape index (κ2) is 5.14. The lowest BCUT2D eigenvalue weighted by Crippen LogP contribution is -2.32. The Morgan fingerprint density at radius 1 is 1.35 bits per heavy atom. The molecule has 96 valence electrons. The van der Waals surface area contributed by atoms with Crippen molar-refractivity contribution in [3.63, 3.8) is 0 Å². The van der Waals surface area contributed by atoms with Gasteiger partial charge >= 0.3 is 0 Å². The van der Waals surface area contributed by atoms with Crippen LogP contribution in [0, 0.1) is 0 Å². The maximum atomic E-state index is 5.93. The number of aryl methyl sites for hydroxylation is 1. The van der Waals surface area contributed by atoms with Crippen LogP contribution in [0.1, 0.15) is 50.7 Å². The molecule has 0 bridgehead atoms. The van der Waals surface area contributed by atoms with Crippen LogP contribution in [-0.2, 0) is 11.2 Å². The molecule has 2 heterocycles. The molecule has 2 N–H and O–H groups in total. The zero-order chi connectivity index (χ0) is 12.3. The summed E-state index contributed by atoms with van der Waals surface area (Å²) in [4.78, 5) is 4.45. The SMILES string of the molecule is CC(C)(N)CCc1nc(C2CCOCC2)no1. The summed E-state index contributed by atoms with van der Waals surface area (Å²) in [5, 5.41) is 4.06. The highest BCUT2D eigenvalue weighted by Gasteiger charge is 2.21. The smallest absolute Gasteiger partial charge is 0.226 e. The predicted octanol–water partition coefficient (Wildman–Crippen LogP) is 1.63. The zero-order valence-corrected chi connectivity index (χ0v) is 10.6. The maximum absolute atomic E-state index is 5.93. The molecule has 0 spiro atoms. The summed E-state index contributed by atoms with van der Waals surface area (Å²) in [6.07, 6.45) is 3.57. The highest BCUT2D eigenvalue weighted by molar-refractivity contribution is 4.97. The lowest BCUT2D eigenvalue weighted by atomic mass is 9.99. The maximum Gasteiger partial charge on any atom is 0.226 e. The van der Waals surface area contributed by atoms with E-state index < -0.39 is 0 Å². The molecular weight excluding hydrogens is 218 g/mol. The van der Waals surface area contributed by atoms with Gasteiger partial charge in [0.2, 0.25) is 5.89 Å². The van der Waals surface area contributed by atoms with Gasteiger partial charge in [-0.25, -0.2) is 0 Å². The number of ether oxygens (including phenoxy) is 1. The van der Waals surface area contributed by atoms with Crippen molar-refractivity contribution in [3.8, 4) is 0 Å². The van der Waals surface area contributed by atoms with E-state index in [2.05, 4.69) is 10.1 Å². The zero-order valence-electron chi connectivity index (χ0n) is 10.6. The van der Waals surface area contributed by atoms with E-state index in [1.807, 2.05) is 13.8 Å². The van der Waals surface area contributed by atoms with E-state index >= 15 is 0 Å². The molecule has 1 aromatic heterocycles. The van der Waals surface area contributed by atoms with Crippen molar-refractivity contribution < 1.29 is 9.26 Å². The Kier molecular flexibility index (Phi) is 3.79. The molecule has 0 unspecified atom stereocenters. The molecule has 0 aromatic carbocycles. The molecule has 0 radical (unpaired) electrons. The van der Waals surface area contributed by atoms with Crippen LogP contribution in [0.25, 0.3) is 0 Å². The van der Waals surface area contributed by atoms with Gasteiger partial charge < -0.3 is 15.0 Å². The molecule has 5 heteroatoms. The van der Waals surface area contributed by atoms with Gasteiger partial charge in [0, 0.05) is 31.1 Å². The lowest BCUT2D eigenvalue weighted by Gasteiger charge is -2.18. The molecule has 2 rings (SSSR count). The second-order valence-electron chi connectivity index (χ2n) is 5.42. The van der Waals surface area contributed by atoms with E-state index in [1.165, 1.54) is 0 Å². The van der Waals surface area contributed by atoms with E-state index in [0.717, 1.165) is 44.7 Å². The van der Waals surface area contributed by atoms with Crippen molar-refractivity contribution >= 4 is 0 Å². The molecule has 0 saturated carbocycles. The predicted molar refractivity (Wildman–Crippen MR) is 63.7 cm³/mol. The first-order chi connectivity index (χ1) is 8.04. The van der Waals surface area contributed by atoms with Gasteiger partial charge in [0.15, 0.2) is 5.82 Å². The molecule has 1 saturated heterocycles. The van der Waals surface area contributed by atoms with E-state index in [1.54, 1.807) is 0 Å². The van der Waals surface area contributed by atoms with E-state index in [9.17, 15) is 0 Å². The third-order valence-electron chi connectivity index (χ3n) is 3.05. The highest BCUT2D eigenvalue weighted by Crippen LogP contribution is 2.24. The third kappa shape index (κ3) is 3.78. The first-order valence-electron chi connectivity index (χ1n) is 6.24. The Morgan fingerprint density at radius 3 is 2.71 bits per heavy atom. The Labute approximate surface area is 102 Å². The minimum Gasteiger partial charge on any atom is -0.381 e. The average molecular weight is 239 g/mol. The molecule has 0 atom stereocenters. The number of nitrogens with zero attached hydrogens (tertiary/aromatic N) is 2. The van der Waals surface area contributed by atoms with Gasteiger partial charge in [-0.05, 0) is 33.1 Å². The summed E-state index contributed by atoms with van der Waals surface area (Å²) in [5.74, 6) is 1.93. The van der Waals surface area contributed by atoms with Crippen LogP contribution in [0.2, 0.25) is 0 Å². The summed E-state index contributed by atoms with van der Waals surface area (Å²) in [5.41, 5.74) is 5.74. The van der Waals surface area contributed by atoms with Crippen LogP contribution in [0.5, 0.6) is 0 Å². The van der Waals surface area contributed by atoms with Gasteiger partial charge in [-0.3, -0.25) is 0 Å². The number of rotatable bonds is 4. The molecule has 1 aliphatic heterocycles. The van der Waals surface area contributed by atoms with Gasteiger partial charge in [-0.15, -0.1) is 0 Å². The molecule has 1 aliphatic rings. The van der Waals surface area contributed by atoms with E-state index in [0.29, 0.717) is 11.8 Å². The van der Waals surface area contributed by atoms with Crippen LogP contribution >= 0.6 is 0 Å². The normalized spacial score (nSPS) is 18.5. The summed E-state index contributed by atoms with van der Waals surface area (Å²) >= 11 is 0. The van der Waals surface area contributed by atoms with Gasteiger partial charge in [0.1, 0.15) is 0 Å². The standard InChI is InChI=1S/C12H21N3O2/c1-12(2,13)6-3-10-14-11(15-17-10)9-4-7-16-8-5-9/h9H,3-8,13H2,1-2H3. The number of hydrogen-bond acceptors (Lipinski definition) is 5. The van der Waals surface area contributed by atoms with Crippen LogP contribution in [0.3, 0.4) is 0 Å². The number of nitrogens with two attached hydrogens (primary N) is 1.